The number of nitrogens with zero attached hydrogens (tertiary/aromatic N) is 3. The lowest BCUT2D eigenvalue weighted by Crippen LogP contribution is -2.33. The van der Waals surface area contributed by atoms with E-state index in [9.17, 15) is 0 Å². The molecule has 1 saturated carbocycles. The van der Waals surface area contributed by atoms with Gasteiger partial charge in [-0.15, -0.1) is 5.10 Å². The van der Waals surface area contributed by atoms with Crippen LogP contribution in [0, 0.1) is 0 Å². The molecule has 5 rings (SSSR count). The first-order chi connectivity index (χ1) is 15.2. The average Bonchev–Trinajstić information content (AvgIpc) is 3.26. The number of hydrogen-bond donors (Lipinski definition) is 3. The van der Waals surface area contributed by atoms with Gasteiger partial charge >= 0.3 is 0 Å². The van der Waals surface area contributed by atoms with Crippen molar-refractivity contribution in [1.82, 2.24) is 14.6 Å². The van der Waals surface area contributed by atoms with Crippen LogP contribution in [-0.4, -0.2) is 26.7 Å². The number of nitrogens with one attached hydrogen (secondary N) is 2. The molecular formula is C24H26N6O. The maximum Gasteiger partial charge on any atom is 0.177 e. The molecule has 7 nitrogen and oxygen atoms in total. The summed E-state index contributed by atoms with van der Waals surface area (Å²) in [5.41, 5.74) is 8.66. The molecule has 1 aliphatic carbocycles. The number of benzene rings is 2. The highest BCUT2D eigenvalue weighted by atomic mass is 16.5. The van der Waals surface area contributed by atoms with E-state index in [2.05, 4.69) is 20.7 Å². The van der Waals surface area contributed by atoms with Gasteiger partial charge in [0.2, 0.25) is 0 Å². The normalized spacial score (nSPS) is 18.6. The number of anilines is 3. The van der Waals surface area contributed by atoms with Gasteiger partial charge in [-0.3, -0.25) is 0 Å². The summed E-state index contributed by atoms with van der Waals surface area (Å²) in [6.07, 6.45) is 7.85. The molecule has 0 radical (unpaired) electrons. The van der Waals surface area contributed by atoms with Gasteiger partial charge in [0.15, 0.2) is 5.65 Å². The Bertz CT molecular complexity index is 1130. The molecule has 0 aliphatic heterocycles. The molecule has 0 saturated heterocycles. The van der Waals surface area contributed by atoms with Crippen LogP contribution < -0.4 is 21.1 Å². The van der Waals surface area contributed by atoms with Gasteiger partial charge < -0.3 is 21.1 Å². The third-order valence-electron chi connectivity index (χ3n) is 5.60. The molecule has 2 aromatic carbocycles. The first-order valence-electron chi connectivity index (χ1n) is 10.7. The Morgan fingerprint density at radius 1 is 0.935 bits per heavy atom. The van der Waals surface area contributed by atoms with E-state index >= 15 is 0 Å². The quantitative estimate of drug-likeness (QED) is 0.414. The van der Waals surface area contributed by atoms with Gasteiger partial charge in [0.05, 0.1) is 5.69 Å². The number of rotatable bonds is 6. The highest BCUT2D eigenvalue weighted by Crippen LogP contribution is 2.28. The fourth-order valence-corrected chi connectivity index (χ4v) is 3.94. The fourth-order valence-electron chi connectivity index (χ4n) is 3.94. The van der Waals surface area contributed by atoms with Crippen LogP contribution in [0.3, 0.4) is 0 Å². The van der Waals surface area contributed by atoms with Crippen molar-refractivity contribution in [3.8, 4) is 11.5 Å². The first kappa shape index (κ1) is 19.4. The molecule has 31 heavy (non-hydrogen) atoms. The summed E-state index contributed by atoms with van der Waals surface area (Å²) in [6, 6.07) is 20.4. The van der Waals surface area contributed by atoms with Crippen molar-refractivity contribution in [2.75, 3.05) is 10.6 Å². The van der Waals surface area contributed by atoms with E-state index in [1.165, 1.54) is 0 Å². The Labute approximate surface area is 181 Å². The van der Waals surface area contributed by atoms with Gasteiger partial charge in [-0.1, -0.05) is 18.2 Å². The van der Waals surface area contributed by atoms with Crippen LogP contribution >= 0.6 is 0 Å². The summed E-state index contributed by atoms with van der Waals surface area (Å²) in [7, 11) is 0. The SMILES string of the molecule is NC1CCC(Nc2cc(Nc3ccc(Oc4ccccc4)cc3)c3nccn3n2)CC1. The van der Waals surface area contributed by atoms with Crippen LogP contribution in [0.15, 0.2) is 73.1 Å². The summed E-state index contributed by atoms with van der Waals surface area (Å²) in [6.45, 7) is 0. The second-order valence-electron chi connectivity index (χ2n) is 7.96. The minimum Gasteiger partial charge on any atom is -0.457 e. The molecule has 1 fully saturated rings. The van der Waals surface area contributed by atoms with E-state index in [0.717, 1.165) is 60.0 Å². The van der Waals surface area contributed by atoms with Crippen LogP contribution in [0.5, 0.6) is 11.5 Å². The second-order valence-corrected chi connectivity index (χ2v) is 7.96. The lowest BCUT2D eigenvalue weighted by atomic mass is 9.92. The third kappa shape index (κ3) is 4.62. The Kier molecular flexibility index (Phi) is 5.41. The standard InChI is InChI=1S/C24H26N6O/c25-17-6-8-19(9-7-17)28-23-16-22(24-26-14-15-30(24)29-23)27-18-10-12-21(13-11-18)31-20-4-2-1-3-5-20/h1-5,10-17,19,27H,6-9,25H2,(H,28,29). The van der Waals surface area contributed by atoms with Crippen molar-refractivity contribution in [2.24, 2.45) is 5.73 Å². The first-order valence-corrected chi connectivity index (χ1v) is 10.7. The summed E-state index contributed by atoms with van der Waals surface area (Å²) in [5, 5.41) is 11.7. The number of aromatic nitrogens is 3. The average molecular weight is 415 g/mol. The number of para-hydroxylation sites is 1. The van der Waals surface area contributed by atoms with Crippen LogP contribution in [-0.2, 0) is 0 Å². The van der Waals surface area contributed by atoms with Crippen LogP contribution in [0.25, 0.3) is 5.65 Å². The molecule has 0 bridgehead atoms. The summed E-state index contributed by atoms with van der Waals surface area (Å²) in [4.78, 5) is 4.46. The van der Waals surface area contributed by atoms with E-state index in [4.69, 9.17) is 10.5 Å². The molecule has 2 aromatic heterocycles. The molecule has 2 heterocycles. The van der Waals surface area contributed by atoms with Crippen molar-refractivity contribution in [3.05, 3.63) is 73.1 Å². The summed E-state index contributed by atoms with van der Waals surface area (Å²) < 4.78 is 7.68. The molecule has 4 aromatic rings. The number of hydrogen-bond acceptors (Lipinski definition) is 6. The number of imidazole rings is 1. The number of fused-ring (bicyclic) bond motifs is 1. The van der Waals surface area contributed by atoms with Gasteiger partial charge in [-0.2, -0.15) is 0 Å². The molecule has 1 aliphatic rings. The Morgan fingerprint density at radius 2 is 1.68 bits per heavy atom. The highest BCUT2D eigenvalue weighted by molar-refractivity contribution is 5.76. The topological polar surface area (TPSA) is 89.5 Å². The van der Waals surface area contributed by atoms with E-state index in [1.807, 2.05) is 66.9 Å². The summed E-state index contributed by atoms with van der Waals surface area (Å²) in [5.74, 6) is 2.43. The molecule has 0 amide bonds. The second kappa shape index (κ2) is 8.65. The zero-order valence-electron chi connectivity index (χ0n) is 17.2. The minimum absolute atomic E-state index is 0.327. The van der Waals surface area contributed by atoms with Crippen molar-refractivity contribution < 1.29 is 4.74 Å². The maximum atomic E-state index is 6.04. The Balaban J connectivity index is 1.33. The van der Waals surface area contributed by atoms with Gasteiger partial charge in [0.1, 0.15) is 17.3 Å². The Hall–Kier alpha value is -3.58. The fraction of sp³-hybridized carbons (Fsp3) is 0.250. The summed E-state index contributed by atoms with van der Waals surface area (Å²) >= 11 is 0. The van der Waals surface area contributed by atoms with Crippen molar-refractivity contribution in [3.63, 3.8) is 0 Å². The highest BCUT2D eigenvalue weighted by Gasteiger charge is 2.19. The van der Waals surface area contributed by atoms with Gasteiger partial charge in [0, 0.05) is 36.2 Å². The van der Waals surface area contributed by atoms with Gasteiger partial charge in [-0.05, 0) is 62.1 Å². The van der Waals surface area contributed by atoms with E-state index in [1.54, 1.807) is 10.7 Å². The molecule has 7 heteroatoms. The Morgan fingerprint density at radius 3 is 2.45 bits per heavy atom. The van der Waals surface area contributed by atoms with Gasteiger partial charge in [0.25, 0.3) is 0 Å². The number of ether oxygens (including phenoxy) is 1. The predicted octanol–water partition coefficient (Wildman–Crippen LogP) is 4.95. The van der Waals surface area contributed by atoms with Crippen LogP contribution in [0.1, 0.15) is 25.7 Å². The van der Waals surface area contributed by atoms with E-state index in [0.29, 0.717) is 12.1 Å². The predicted molar refractivity (Wildman–Crippen MR) is 123 cm³/mol. The lowest BCUT2D eigenvalue weighted by molar-refractivity contribution is 0.410. The largest absolute Gasteiger partial charge is 0.457 e. The third-order valence-corrected chi connectivity index (χ3v) is 5.60. The van der Waals surface area contributed by atoms with Crippen molar-refractivity contribution >= 4 is 22.8 Å². The van der Waals surface area contributed by atoms with E-state index < -0.39 is 0 Å². The van der Waals surface area contributed by atoms with Crippen LogP contribution in [0.2, 0.25) is 0 Å². The molecule has 0 spiro atoms. The molecule has 0 unspecified atom stereocenters. The zero-order valence-corrected chi connectivity index (χ0v) is 17.2. The van der Waals surface area contributed by atoms with Crippen molar-refractivity contribution in [2.45, 2.75) is 37.8 Å². The lowest BCUT2D eigenvalue weighted by Gasteiger charge is -2.27. The maximum absolute atomic E-state index is 6.04. The molecule has 4 N–H and O–H groups in total. The van der Waals surface area contributed by atoms with Crippen LogP contribution in [0.4, 0.5) is 17.2 Å². The van der Waals surface area contributed by atoms with Crippen molar-refractivity contribution in [1.29, 1.82) is 0 Å². The smallest absolute Gasteiger partial charge is 0.177 e. The van der Waals surface area contributed by atoms with Gasteiger partial charge in [-0.25, -0.2) is 9.50 Å². The van der Waals surface area contributed by atoms with E-state index in [-0.39, 0.29) is 0 Å². The number of nitrogens with two attached hydrogens (primary N) is 1. The monoisotopic (exact) mass is 414 g/mol. The molecule has 158 valence electrons. The molecule has 0 atom stereocenters. The minimum atomic E-state index is 0.327. The zero-order chi connectivity index (χ0) is 21.0. The molecular weight excluding hydrogens is 388 g/mol.